The van der Waals surface area contributed by atoms with Crippen molar-refractivity contribution in [1.82, 2.24) is 29.6 Å². The molecule has 0 atom stereocenters. The molecule has 3 rings (SSSR count). The van der Waals surface area contributed by atoms with Crippen molar-refractivity contribution in [3.8, 4) is 0 Å². The fourth-order valence-corrected chi connectivity index (χ4v) is 2.72. The number of ether oxygens (including phenoxy) is 3. The molecule has 13 heteroatoms. The number of hydrogen-bond donors (Lipinski definition) is 1. The van der Waals surface area contributed by atoms with Crippen molar-refractivity contribution in [3.63, 3.8) is 0 Å². The molecule has 0 spiro atoms. The maximum Gasteiger partial charge on any atom is 0.419 e. The number of hydrogen-bond acceptors (Lipinski definition) is 10. The van der Waals surface area contributed by atoms with Gasteiger partial charge in [0.2, 0.25) is 0 Å². The Hall–Kier alpha value is -3.61. The van der Waals surface area contributed by atoms with E-state index in [4.69, 9.17) is 14.2 Å². The second-order valence-electron chi connectivity index (χ2n) is 6.52. The first-order valence-corrected chi connectivity index (χ1v) is 9.78. The number of aromatic nitrogens is 2. The topological polar surface area (TPSA) is 131 Å². The zero-order valence-electron chi connectivity index (χ0n) is 17.0. The van der Waals surface area contributed by atoms with E-state index < -0.39 is 18.3 Å². The Morgan fingerprint density at radius 1 is 0.968 bits per heavy atom. The third-order valence-electron chi connectivity index (χ3n) is 4.41. The van der Waals surface area contributed by atoms with Gasteiger partial charge in [0, 0.05) is 51.0 Å². The standard InChI is InChI=1S/C18H25N7O6/c26-16(23-4-1-19-13-23)29-10-7-22(8-11-30-17(27)24-5-2-20-14-24)9-12-31-18(28)25-6-3-21-15-25/h1-2,4-5,13,15,20H,3,6-12,14H2. The molecular formula is C18H25N7O6. The average molecular weight is 435 g/mol. The molecule has 0 aromatic carbocycles. The summed E-state index contributed by atoms with van der Waals surface area (Å²) in [5.41, 5.74) is 0. The monoisotopic (exact) mass is 435 g/mol. The number of rotatable bonds is 9. The fraction of sp³-hybridized carbons (Fsp3) is 0.500. The molecule has 2 amide bonds. The first kappa shape index (κ1) is 22.1. The van der Waals surface area contributed by atoms with E-state index in [1.54, 1.807) is 12.4 Å². The van der Waals surface area contributed by atoms with Crippen LogP contribution in [0.5, 0.6) is 0 Å². The number of imidazole rings is 1. The summed E-state index contributed by atoms with van der Waals surface area (Å²) in [6.07, 6.45) is 7.54. The molecule has 168 valence electrons. The van der Waals surface area contributed by atoms with Gasteiger partial charge >= 0.3 is 18.3 Å². The Morgan fingerprint density at radius 3 is 2.19 bits per heavy atom. The summed E-state index contributed by atoms with van der Waals surface area (Å²) in [7, 11) is 0. The molecule has 2 aliphatic rings. The summed E-state index contributed by atoms with van der Waals surface area (Å²) in [6.45, 7) is 2.92. The Morgan fingerprint density at radius 2 is 1.65 bits per heavy atom. The van der Waals surface area contributed by atoms with Gasteiger partial charge in [-0.2, -0.15) is 0 Å². The third kappa shape index (κ3) is 6.99. The Balaban J connectivity index is 1.40. The van der Waals surface area contributed by atoms with Crippen LogP contribution in [0.3, 0.4) is 0 Å². The van der Waals surface area contributed by atoms with Crippen LogP contribution >= 0.6 is 0 Å². The summed E-state index contributed by atoms with van der Waals surface area (Å²) < 4.78 is 16.9. The Kier molecular flexibility index (Phi) is 8.22. The first-order chi connectivity index (χ1) is 15.1. The predicted octanol–water partition coefficient (Wildman–Crippen LogP) is 0.121. The zero-order valence-corrected chi connectivity index (χ0v) is 17.0. The molecule has 0 fully saturated rings. The van der Waals surface area contributed by atoms with Crippen molar-refractivity contribution < 1.29 is 28.6 Å². The van der Waals surface area contributed by atoms with E-state index in [2.05, 4.69) is 15.3 Å². The first-order valence-electron chi connectivity index (χ1n) is 9.78. The number of amides is 2. The van der Waals surface area contributed by atoms with Crippen LogP contribution in [0, 0.1) is 0 Å². The van der Waals surface area contributed by atoms with E-state index >= 15 is 0 Å². The van der Waals surface area contributed by atoms with Crippen LogP contribution in [0.2, 0.25) is 0 Å². The largest absolute Gasteiger partial charge is 0.448 e. The summed E-state index contributed by atoms with van der Waals surface area (Å²) in [5.74, 6) is 0. The highest BCUT2D eigenvalue weighted by Crippen LogP contribution is 2.01. The van der Waals surface area contributed by atoms with Gasteiger partial charge in [0.1, 0.15) is 26.1 Å². The number of aliphatic imine (C=N–C) groups is 1. The van der Waals surface area contributed by atoms with Crippen molar-refractivity contribution in [2.45, 2.75) is 0 Å². The average Bonchev–Trinajstić information content (AvgIpc) is 3.55. The minimum atomic E-state index is -0.544. The van der Waals surface area contributed by atoms with E-state index in [-0.39, 0.29) is 19.8 Å². The molecule has 3 heterocycles. The number of nitrogens with zero attached hydrogens (tertiary/aromatic N) is 6. The number of carbonyl (C=O) groups is 3. The lowest BCUT2D eigenvalue weighted by Gasteiger charge is -2.23. The molecule has 2 aliphatic heterocycles. The van der Waals surface area contributed by atoms with Crippen molar-refractivity contribution in [2.24, 2.45) is 4.99 Å². The van der Waals surface area contributed by atoms with Crippen LogP contribution < -0.4 is 5.32 Å². The molecule has 0 unspecified atom stereocenters. The molecule has 31 heavy (non-hydrogen) atoms. The second kappa shape index (κ2) is 11.5. The minimum absolute atomic E-state index is 0.108. The van der Waals surface area contributed by atoms with Crippen LogP contribution in [-0.2, 0) is 14.2 Å². The van der Waals surface area contributed by atoms with Crippen LogP contribution in [0.1, 0.15) is 0 Å². The van der Waals surface area contributed by atoms with Crippen LogP contribution in [0.15, 0.2) is 36.1 Å². The van der Waals surface area contributed by atoms with Gasteiger partial charge < -0.3 is 19.5 Å². The summed E-state index contributed by atoms with van der Waals surface area (Å²) >= 11 is 0. The van der Waals surface area contributed by atoms with Gasteiger partial charge in [-0.05, 0) is 0 Å². The van der Waals surface area contributed by atoms with Gasteiger partial charge in [-0.1, -0.05) is 0 Å². The summed E-state index contributed by atoms with van der Waals surface area (Å²) in [6, 6.07) is 0. The molecule has 0 radical (unpaired) electrons. The van der Waals surface area contributed by atoms with Crippen LogP contribution in [0.25, 0.3) is 0 Å². The molecule has 1 N–H and O–H groups in total. The quantitative estimate of drug-likeness (QED) is 0.537. The molecule has 1 aromatic heterocycles. The van der Waals surface area contributed by atoms with Crippen molar-refractivity contribution in [2.75, 3.05) is 59.2 Å². The minimum Gasteiger partial charge on any atom is -0.448 e. The maximum atomic E-state index is 11.9. The van der Waals surface area contributed by atoms with E-state index in [9.17, 15) is 14.4 Å². The molecule has 13 nitrogen and oxygen atoms in total. The zero-order chi connectivity index (χ0) is 21.9. The van der Waals surface area contributed by atoms with E-state index in [1.807, 2.05) is 4.90 Å². The number of nitrogens with one attached hydrogen (secondary N) is 1. The van der Waals surface area contributed by atoms with Crippen molar-refractivity contribution in [3.05, 3.63) is 31.1 Å². The lowest BCUT2D eigenvalue weighted by Crippen LogP contribution is -2.37. The van der Waals surface area contributed by atoms with Crippen molar-refractivity contribution in [1.29, 1.82) is 0 Å². The molecular weight excluding hydrogens is 410 g/mol. The maximum absolute atomic E-state index is 11.9. The Labute approximate surface area is 178 Å². The molecule has 0 bridgehead atoms. The summed E-state index contributed by atoms with van der Waals surface area (Å²) in [5, 5.41) is 2.88. The SMILES string of the molecule is O=C(OCCN(CCOC(=O)N1C=CNC1)CCOC(=O)n1ccnc1)N1C=NCC1. The highest BCUT2D eigenvalue weighted by atomic mass is 16.6. The van der Waals surface area contributed by atoms with Gasteiger partial charge in [0.15, 0.2) is 0 Å². The molecule has 0 aliphatic carbocycles. The third-order valence-corrected chi connectivity index (χ3v) is 4.41. The highest BCUT2D eigenvalue weighted by molar-refractivity contribution is 5.83. The molecule has 0 saturated carbocycles. The summed E-state index contributed by atoms with van der Waals surface area (Å²) in [4.78, 5) is 48.2. The van der Waals surface area contributed by atoms with E-state index in [0.717, 1.165) is 0 Å². The van der Waals surface area contributed by atoms with Gasteiger partial charge in [0.05, 0.1) is 19.6 Å². The van der Waals surface area contributed by atoms with Gasteiger partial charge in [-0.3, -0.25) is 19.7 Å². The number of carbonyl (C=O) groups excluding carboxylic acids is 3. The predicted molar refractivity (Wildman–Crippen MR) is 107 cm³/mol. The smallest absolute Gasteiger partial charge is 0.419 e. The normalized spacial score (nSPS) is 14.7. The van der Waals surface area contributed by atoms with Crippen LogP contribution in [-0.4, -0.2) is 108 Å². The second-order valence-corrected chi connectivity index (χ2v) is 6.52. The van der Waals surface area contributed by atoms with Gasteiger partial charge in [-0.25, -0.2) is 23.9 Å². The lowest BCUT2D eigenvalue weighted by molar-refractivity contribution is 0.0783. The van der Waals surface area contributed by atoms with E-state index in [0.29, 0.717) is 39.4 Å². The molecule has 1 aromatic rings. The highest BCUT2D eigenvalue weighted by Gasteiger charge is 2.18. The van der Waals surface area contributed by atoms with Gasteiger partial charge in [-0.15, -0.1) is 0 Å². The Bertz CT molecular complexity index is 757. The van der Waals surface area contributed by atoms with E-state index in [1.165, 1.54) is 39.4 Å². The lowest BCUT2D eigenvalue weighted by atomic mass is 10.4. The molecule has 0 saturated heterocycles. The van der Waals surface area contributed by atoms with Gasteiger partial charge in [0.25, 0.3) is 0 Å². The van der Waals surface area contributed by atoms with Crippen LogP contribution in [0.4, 0.5) is 14.4 Å². The fourth-order valence-electron chi connectivity index (χ4n) is 2.72. The van der Waals surface area contributed by atoms with Crippen molar-refractivity contribution >= 4 is 24.6 Å².